The van der Waals surface area contributed by atoms with Crippen molar-refractivity contribution < 1.29 is 0 Å². The normalized spacial score (nSPS) is 10.6. The summed E-state index contributed by atoms with van der Waals surface area (Å²) < 4.78 is 0.979. The Labute approximate surface area is 138 Å². The van der Waals surface area contributed by atoms with Crippen molar-refractivity contribution >= 4 is 33.9 Å². The summed E-state index contributed by atoms with van der Waals surface area (Å²) >= 11 is 3.30. The lowest BCUT2D eigenvalue weighted by Crippen LogP contribution is -1.91. The number of nitrogens with zero attached hydrogens (tertiary/aromatic N) is 3. The van der Waals surface area contributed by atoms with Crippen LogP contribution in [0, 0.1) is 6.92 Å². The van der Waals surface area contributed by atoms with Gasteiger partial charge in [-0.1, -0.05) is 47.4 Å². The van der Waals surface area contributed by atoms with E-state index in [1.807, 2.05) is 42.6 Å². The Morgan fingerprint density at radius 2 is 1.95 bits per heavy atom. The Morgan fingerprint density at radius 3 is 2.77 bits per heavy atom. The van der Waals surface area contributed by atoms with Gasteiger partial charge in [-0.05, 0) is 37.1 Å². The molecule has 0 aliphatic carbocycles. The first-order valence-electron chi connectivity index (χ1n) is 7.00. The van der Waals surface area contributed by atoms with Crippen molar-refractivity contribution in [3.05, 3.63) is 59.9 Å². The van der Waals surface area contributed by atoms with E-state index < -0.39 is 0 Å². The van der Waals surface area contributed by atoms with Gasteiger partial charge in [-0.25, -0.2) is 0 Å². The summed E-state index contributed by atoms with van der Waals surface area (Å²) in [6, 6.07) is 14.2. The number of para-hydroxylation sites is 1. The topological polar surface area (TPSA) is 50.7 Å². The van der Waals surface area contributed by atoms with E-state index in [1.165, 1.54) is 5.56 Å². The zero-order valence-electron chi connectivity index (χ0n) is 12.2. The second-order valence-corrected chi connectivity index (χ2v) is 7.05. The molecule has 3 aromatic rings. The third-order valence-electron chi connectivity index (χ3n) is 3.10. The van der Waals surface area contributed by atoms with E-state index >= 15 is 0 Å². The van der Waals surface area contributed by atoms with Crippen molar-refractivity contribution in [2.45, 2.75) is 17.7 Å². The highest BCUT2D eigenvalue weighted by Gasteiger charge is 2.06. The first-order chi connectivity index (χ1) is 10.8. The van der Waals surface area contributed by atoms with Crippen molar-refractivity contribution in [2.75, 3.05) is 11.1 Å². The number of hydrogen-bond acceptors (Lipinski definition) is 6. The number of pyridine rings is 1. The third kappa shape index (κ3) is 4.05. The van der Waals surface area contributed by atoms with Crippen LogP contribution in [0.25, 0.3) is 0 Å². The maximum Gasteiger partial charge on any atom is 0.210 e. The first-order valence-corrected chi connectivity index (χ1v) is 8.80. The fourth-order valence-corrected chi connectivity index (χ4v) is 3.73. The summed E-state index contributed by atoms with van der Waals surface area (Å²) in [5.74, 6) is 0.954. The van der Waals surface area contributed by atoms with Gasteiger partial charge in [0.15, 0.2) is 4.34 Å². The second-order valence-electron chi connectivity index (χ2n) is 4.73. The fraction of sp³-hybridized carbons (Fsp3) is 0.188. The molecule has 0 saturated heterocycles. The van der Waals surface area contributed by atoms with Gasteiger partial charge in [0, 0.05) is 23.3 Å². The molecule has 2 heterocycles. The maximum absolute atomic E-state index is 4.32. The lowest BCUT2D eigenvalue weighted by atomic mass is 10.2. The van der Waals surface area contributed by atoms with Crippen molar-refractivity contribution in [2.24, 2.45) is 0 Å². The predicted octanol–water partition coefficient (Wildman–Crippen LogP) is 4.32. The number of thioether (sulfide) groups is 1. The Balaban J connectivity index is 1.54. The second kappa shape index (κ2) is 7.38. The van der Waals surface area contributed by atoms with Crippen LogP contribution in [0.4, 0.5) is 10.8 Å². The molecular weight excluding hydrogens is 312 g/mol. The molecule has 0 aliphatic heterocycles. The van der Waals surface area contributed by atoms with Crippen LogP contribution < -0.4 is 5.32 Å². The van der Waals surface area contributed by atoms with Crippen LogP contribution in [0.2, 0.25) is 0 Å². The maximum atomic E-state index is 4.32. The number of anilines is 2. The summed E-state index contributed by atoms with van der Waals surface area (Å²) in [4.78, 5) is 4.32. The number of rotatable bonds is 6. The highest BCUT2D eigenvalue weighted by molar-refractivity contribution is 8.01. The molecule has 0 amide bonds. The van der Waals surface area contributed by atoms with Gasteiger partial charge in [0.05, 0.1) is 0 Å². The lowest BCUT2D eigenvalue weighted by molar-refractivity contribution is 1.00. The van der Waals surface area contributed by atoms with Crippen LogP contribution in [0.3, 0.4) is 0 Å². The number of aromatic nitrogens is 3. The predicted molar refractivity (Wildman–Crippen MR) is 93.0 cm³/mol. The minimum Gasteiger partial charge on any atom is -0.330 e. The third-order valence-corrected chi connectivity index (χ3v) is 5.08. The molecule has 0 aliphatic rings. The zero-order valence-corrected chi connectivity index (χ0v) is 13.8. The smallest absolute Gasteiger partial charge is 0.210 e. The average molecular weight is 328 g/mol. The Hall–Kier alpha value is -1.92. The molecule has 1 N–H and O–H groups in total. The van der Waals surface area contributed by atoms with Gasteiger partial charge in [-0.3, -0.25) is 4.98 Å². The molecule has 0 bridgehead atoms. The van der Waals surface area contributed by atoms with E-state index in [1.54, 1.807) is 23.1 Å². The largest absolute Gasteiger partial charge is 0.330 e. The summed E-state index contributed by atoms with van der Waals surface area (Å²) in [6.45, 7) is 2.08. The monoisotopic (exact) mass is 328 g/mol. The Kier molecular flexibility index (Phi) is 5.03. The molecule has 0 unspecified atom stereocenters. The summed E-state index contributed by atoms with van der Waals surface area (Å²) in [5, 5.41) is 12.6. The van der Waals surface area contributed by atoms with Crippen LogP contribution in [-0.4, -0.2) is 20.9 Å². The van der Waals surface area contributed by atoms with Crippen molar-refractivity contribution in [1.29, 1.82) is 0 Å². The molecule has 0 fully saturated rings. The van der Waals surface area contributed by atoms with Gasteiger partial charge in [-0.15, -0.1) is 10.2 Å². The fourth-order valence-electron chi connectivity index (χ4n) is 1.94. The van der Waals surface area contributed by atoms with Crippen molar-refractivity contribution in [3.63, 3.8) is 0 Å². The van der Waals surface area contributed by atoms with Gasteiger partial charge < -0.3 is 5.32 Å². The molecule has 112 valence electrons. The van der Waals surface area contributed by atoms with Crippen LogP contribution in [-0.2, 0) is 6.42 Å². The quantitative estimate of drug-likeness (QED) is 0.683. The lowest BCUT2D eigenvalue weighted by Gasteiger charge is -2.04. The number of nitrogens with one attached hydrogen (secondary N) is 1. The number of benzene rings is 1. The van der Waals surface area contributed by atoms with Gasteiger partial charge in [0.1, 0.15) is 0 Å². The Morgan fingerprint density at radius 1 is 1.09 bits per heavy atom. The van der Waals surface area contributed by atoms with Crippen LogP contribution >= 0.6 is 23.1 Å². The van der Waals surface area contributed by atoms with Crippen molar-refractivity contribution in [3.8, 4) is 0 Å². The molecule has 22 heavy (non-hydrogen) atoms. The molecule has 2 aromatic heterocycles. The minimum atomic E-state index is 0.828. The van der Waals surface area contributed by atoms with E-state index in [2.05, 4.69) is 33.5 Å². The van der Waals surface area contributed by atoms with E-state index in [9.17, 15) is 0 Å². The molecular formula is C16H16N4S2. The molecule has 3 rings (SSSR count). The molecule has 0 spiro atoms. The highest BCUT2D eigenvalue weighted by Crippen LogP contribution is 2.28. The van der Waals surface area contributed by atoms with E-state index in [0.717, 1.165) is 33.0 Å². The average Bonchev–Trinajstić information content (AvgIpc) is 2.98. The summed E-state index contributed by atoms with van der Waals surface area (Å²) in [6.07, 6.45) is 2.76. The molecule has 4 nitrogen and oxygen atoms in total. The van der Waals surface area contributed by atoms with Gasteiger partial charge in [0.2, 0.25) is 5.13 Å². The Bertz CT molecular complexity index is 728. The molecule has 0 radical (unpaired) electrons. The van der Waals surface area contributed by atoms with E-state index in [-0.39, 0.29) is 0 Å². The number of aryl methyl sites for hydroxylation is 2. The standard InChI is InChI=1S/C16H16N4S2/c1-12-6-2-3-8-14(12)18-15-19-20-16(22-15)21-11-9-13-7-4-5-10-17-13/h2-8,10H,9,11H2,1H3,(H,18,19). The summed E-state index contributed by atoms with van der Waals surface area (Å²) in [7, 11) is 0. The van der Waals surface area contributed by atoms with E-state index in [0.29, 0.717) is 0 Å². The zero-order chi connectivity index (χ0) is 15.2. The molecule has 0 atom stereocenters. The highest BCUT2D eigenvalue weighted by atomic mass is 32.2. The van der Waals surface area contributed by atoms with Gasteiger partial charge >= 0.3 is 0 Å². The van der Waals surface area contributed by atoms with Crippen LogP contribution in [0.15, 0.2) is 53.0 Å². The molecule has 6 heteroatoms. The summed E-state index contributed by atoms with van der Waals surface area (Å²) in [5.41, 5.74) is 3.38. The van der Waals surface area contributed by atoms with Crippen molar-refractivity contribution in [1.82, 2.24) is 15.2 Å². The van der Waals surface area contributed by atoms with E-state index in [4.69, 9.17) is 0 Å². The number of hydrogen-bond donors (Lipinski definition) is 1. The molecule has 0 saturated carbocycles. The van der Waals surface area contributed by atoms with Crippen LogP contribution in [0.1, 0.15) is 11.3 Å². The molecule has 1 aromatic carbocycles. The van der Waals surface area contributed by atoms with Gasteiger partial charge in [0.25, 0.3) is 0 Å². The SMILES string of the molecule is Cc1ccccc1Nc1nnc(SCCc2ccccn2)s1. The van der Waals surface area contributed by atoms with Gasteiger partial charge in [-0.2, -0.15) is 0 Å². The first kappa shape index (κ1) is 15.0. The van der Waals surface area contributed by atoms with Crippen LogP contribution in [0.5, 0.6) is 0 Å². The minimum absolute atomic E-state index is 0.828.